The second-order valence-electron chi connectivity index (χ2n) is 16.9. The van der Waals surface area contributed by atoms with Crippen LogP contribution in [0.5, 0.6) is 0 Å². The van der Waals surface area contributed by atoms with Crippen LogP contribution >= 0.6 is 0 Å². The average molecular weight is 841 g/mol. The van der Waals surface area contributed by atoms with Crippen molar-refractivity contribution in [2.75, 3.05) is 0 Å². The van der Waals surface area contributed by atoms with Gasteiger partial charge < -0.3 is 4.57 Å². The van der Waals surface area contributed by atoms with Crippen LogP contribution in [0.25, 0.3) is 107 Å². The largest absolute Gasteiger partial charge is 0.308 e. The van der Waals surface area contributed by atoms with Gasteiger partial charge in [0.25, 0.3) is 0 Å². The van der Waals surface area contributed by atoms with Crippen molar-refractivity contribution in [1.82, 2.24) is 34.5 Å². The van der Waals surface area contributed by atoms with Crippen LogP contribution in [0.4, 0.5) is 0 Å². The van der Waals surface area contributed by atoms with Crippen molar-refractivity contribution >= 4 is 88.4 Å². The average Bonchev–Trinajstić information content (AvgIpc) is 3.72. The number of nitrogens with zero attached hydrogens (tertiary/aromatic N) is 7. The minimum absolute atomic E-state index is 0.536. The van der Waals surface area contributed by atoms with Crippen molar-refractivity contribution in [2.24, 2.45) is 0 Å². The van der Waals surface area contributed by atoms with Crippen LogP contribution < -0.4 is 27.3 Å². The molecule has 0 saturated carbocycles. The van der Waals surface area contributed by atoms with Crippen molar-refractivity contribution < 1.29 is 0 Å². The number of hydrogen-bond acceptors (Lipinski definition) is 6. The predicted molar refractivity (Wildman–Crippen MR) is 286 cm³/mol. The maximum Gasteiger partial charge on any atom is 0.166 e. The van der Waals surface area contributed by atoms with Gasteiger partial charge in [-0.3, -0.25) is 0 Å². The first-order chi connectivity index (χ1) is 32.3. The van der Waals surface area contributed by atoms with Crippen LogP contribution in [0, 0.1) is 0 Å². The summed E-state index contributed by atoms with van der Waals surface area (Å²) in [6, 6.07) is 62.6. The van der Waals surface area contributed by atoms with Crippen LogP contribution in [0.15, 0.2) is 182 Å². The summed E-state index contributed by atoms with van der Waals surface area (Å²) < 4.78 is 2.38. The van der Waals surface area contributed by atoms with Gasteiger partial charge in [0.1, 0.15) is 39.2 Å². The van der Waals surface area contributed by atoms with Crippen LogP contribution in [0.2, 0.25) is 0 Å². The van der Waals surface area contributed by atoms with Crippen LogP contribution in [-0.4, -0.2) is 73.7 Å². The molecule has 0 atom stereocenters. The summed E-state index contributed by atoms with van der Waals surface area (Å²) in [5.74, 6) is 3.47. The van der Waals surface area contributed by atoms with Gasteiger partial charge in [0, 0.05) is 49.7 Å². The van der Waals surface area contributed by atoms with Gasteiger partial charge in [-0.25, -0.2) is 29.9 Å². The monoisotopic (exact) mass is 841 g/mol. The molecule has 0 aliphatic rings. The van der Waals surface area contributed by atoms with Crippen LogP contribution in [0.1, 0.15) is 0 Å². The highest BCUT2D eigenvalue weighted by Gasteiger charge is 2.24. The summed E-state index contributed by atoms with van der Waals surface area (Å²) in [7, 11) is 10.9. The van der Waals surface area contributed by atoms with E-state index < -0.39 is 0 Å². The minimum atomic E-state index is 0.536. The van der Waals surface area contributed by atoms with Crippen molar-refractivity contribution in [3.63, 3.8) is 0 Å². The van der Waals surface area contributed by atoms with Gasteiger partial charge in [0.05, 0.1) is 16.7 Å². The predicted octanol–water partition coefficient (Wildman–Crippen LogP) is 4.11. The van der Waals surface area contributed by atoms with E-state index in [-0.39, 0.29) is 0 Å². The second kappa shape index (κ2) is 16.8. The van der Waals surface area contributed by atoms with Gasteiger partial charge >= 0.3 is 0 Å². The zero-order valence-corrected chi connectivity index (χ0v) is 37.5. The molecule has 3 aromatic heterocycles. The highest BCUT2D eigenvalue weighted by Crippen LogP contribution is 2.41. The zero-order valence-electron chi connectivity index (χ0n) is 37.5. The lowest BCUT2D eigenvalue weighted by Gasteiger charge is -2.21. The first kappa shape index (κ1) is 40.7. The maximum absolute atomic E-state index is 5.52. The standard InChI is InChI=1S/C54H40B5N7/c55-43-42(44(56)46(58)47(59)45(43)57)54-64-51(34-22-11-4-12-23-34)63-53(65-54)39-30-35(52-61-49(32-18-7-2-8-19-32)60-50(62-52)33-20-9-3-10-21-33)28-29-41(39)66-40-27-14-13-24-37(40)38-26-15-25-36(48(38)66)31-16-5-1-6-17-31/h1-30H,55-59H2. The Morgan fingerprint density at radius 3 is 1.29 bits per heavy atom. The van der Waals surface area contributed by atoms with Gasteiger partial charge in [-0.2, -0.15) is 0 Å². The molecule has 12 heteroatoms. The molecule has 0 bridgehead atoms. The fourth-order valence-electron chi connectivity index (χ4n) is 9.27. The summed E-state index contributed by atoms with van der Waals surface area (Å²) >= 11 is 0. The summed E-state index contributed by atoms with van der Waals surface area (Å²) in [5.41, 5.74) is 16.7. The molecule has 306 valence electrons. The molecule has 0 radical (unpaired) electrons. The van der Waals surface area contributed by atoms with Gasteiger partial charge in [-0.1, -0.05) is 169 Å². The van der Waals surface area contributed by atoms with E-state index in [1.807, 2.05) is 78.9 Å². The normalized spacial score (nSPS) is 11.3. The van der Waals surface area contributed by atoms with Crippen molar-refractivity contribution in [3.8, 4) is 85.1 Å². The van der Waals surface area contributed by atoms with Crippen LogP contribution in [0.3, 0.4) is 0 Å². The summed E-state index contributed by atoms with van der Waals surface area (Å²) in [4.78, 5) is 31.6. The Morgan fingerprint density at radius 2 is 0.727 bits per heavy atom. The number of para-hydroxylation sites is 2. The summed E-state index contributed by atoms with van der Waals surface area (Å²) in [6.07, 6.45) is 0. The molecule has 0 spiro atoms. The first-order valence-corrected chi connectivity index (χ1v) is 22.3. The molecule has 0 saturated heterocycles. The van der Waals surface area contributed by atoms with E-state index >= 15 is 0 Å². The molecule has 0 fully saturated rings. The Hall–Kier alpha value is -8.10. The Balaban J connectivity index is 1.26. The Labute approximate surface area is 388 Å². The lowest BCUT2D eigenvalue weighted by atomic mass is 9.60. The molecule has 0 aliphatic heterocycles. The summed E-state index contributed by atoms with van der Waals surface area (Å²) in [5, 5.41) is 2.30. The first-order valence-electron chi connectivity index (χ1n) is 22.3. The molecule has 66 heavy (non-hydrogen) atoms. The maximum atomic E-state index is 5.52. The molecule has 0 N–H and O–H groups in total. The van der Waals surface area contributed by atoms with E-state index in [0.717, 1.165) is 82.9 Å². The third-order valence-corrected chi connectivity index (χ3v) is 13.1. The molecule has 0 amide bonds. The van der Waals surface area contributed by atoms with Gasteiger partial charge in [-0.15, -0.1) is 16.4 Å². The fourth-order valence-corrected chi connectivity index (χ4v) is 9.27. The lowest BCUT2D eigenvalue weighted by Crippen LogP contribution is -2.55. The second-order valence-corrected chi connectivity index (χ2v) is 16.9. The van der Waals surface area contributed by atoms with E-state index in [2.05, 4.69) is 147 Å². The highest BCUT2D eigenvalue weighted by atomic mass is 15.1. The van der Waals surface area contributed by atoms with Crippen molar-refractivity contribution in [1.29, 1.82) is 0 Å². The van der Waals surface area contributed by atoms with E-state index in [1.165, 1.54) is 16.4 Å². The number of hydrogen-bond donors (Lipinski definition) is 0. The van der Waals surface area contributed by atoms with Crippen molar-refractivity contribution in [2.45, 2.75) is 0 Å². The summed E-state index contributed by atoms with van der Waals surface area (Å²) in [6.45, 7) is 0. The SMILES string of the molecule is Bc1c(B)c(B)c(-c2nc(-c3ccccc3)nc(-c3cc(-c4nc(-c5ccccc5)nc(-c5ccccc5)n4)ccc3-n3c4ccccc4c4cccc(-c5ccccc5)c43)n2)c(B)c1B. The quantitative estimate of drug-likeness (QED) is 0.215. The molecular weight excluding hydrogens is 801 g/mol. The van der Waals surface area contributed by atoms with Gasteiger partial charge in [0.15, 0.2) is 34.9 Å². The molecule has 8 aromatic carbocycles. The van der Waals surface area contributed by atoms with Gasteiger partial charge in [0.2, 0.25) is 0 Å². The highest BCUT2D eigenvalue weighted by molar-refractivity contribution is 6.68. The minimum Gasteiger partial charge on any atom is -0.308 e. The van der Waals surface area contributed by atoms with E-state index in [0.29, 0.717) is 34.9 Å². The molecule has 3 heterocycles. The fraction of sp³-hybridized carbons (Fsp3) is 0. The van der Waals surface area contributed by atoms with Gasteiger partial charge in [-0.05, 0) is 29.8 Å². The van der Waals surface area contributed by atoms with E-state index in [4.69, 9.17) is 29.9 Å². The molecular formula is C54H40B5N7. The number of benzene rings is 8. The number of fused-ring (bicyclic) bond motifs is 3. The molecule has 0 unspecified atom stereocenters. The van der Waals surface area contributed by atoms with E-state index in [9.17, 15) is 0 Å². The van der Waals surface area contributed by atoms with Crippen LogP contribution in [-0.2, 0) is 0 Å². The lowest BCUT2D eigenvalue weighted by molar-refractivity contribution is 1.06. The molecule has 11 aromatic rings. The molecule has 11 rings (SSSR count). The zero-order chi connectivity index (χ0) is 44.9. The number of aromatic nitrogens is 7. The topological polar surface area (TPSA) is 82.3 Å². The number of rotatable bonds is 8. The van der Waals surface area contributed by atoms with E-state index in [1.54, 1.807) is 0 Å². The smallest absolute Gasteiger partial charge is 0.166 e. The molecule has 7 nitrogen and oxygen atoms in total. The Bertz CT molecular complexity index is 3560. The Kier molecular flexibility index (Phi) is 10.3. The van der Waals surface area contributed by atoms with Crippen molar-refractivity contribution in [3.05, 3.63) is 182 Å². The third-order valence-electron chi connectivity index (χ3n) is 13.1. The Morgan fingerprint density at radius 1 is 0.303 bits per heavy atom. The third kappa shape index (κ3) is 7.11. The molecule has 0 aliphatic carbocycles.